The van der Waals surface area contributed by atoms with Crippen molar-refractivity contribution >= 4 is 5.91 Å². The van der Waals surface area contributed by atoms with Crippen LogP contribution in [0.1, 0.15) is 5.56 Å². The van der Waals surface area contributed by atoms with Crippen LogP contribution in [0.3, 0.4) is 0 Å². The third kappa shape index (κ3) is 3.55. The number of rotatable bonds is 5. The summed E-state index contributed by atoms with van der Waals surface area (Å²) in [5.41, 5.74) is 1.17. The SMILES string of the molecule is Cc1ccc(OCC(=O)NCC2CO2)cc1. The number of hydrogen-bond donors (Lipinski definition) is 1. The first-order valence-corrected chi connectivity index (χ1v) is 5.32. The van der Waals surface area contributed by atoms with Gasteiger partial charge < -0.3 is 14.8 Å². The lowest BCUT2D eigenvalue weighted by Gasteiger charge is -2.06. The Labute approximate surface area is 94.6 Å². The van der Waals surface area contributed by atoms with Crippen molar-refractivity contribution in [2.45, 2.75) is 13.0 Å². The average molecular weight is 221 g/mol. The van der Waals surface area contributed by atoms with E-state index >= 15 is 0 Å². The minimum atomic E-state index is -0.115. The van der Waals surface area contributed by atoms with Gasteiger partial charge >= 0.3 is 0 Å². The smallest absolute Gasteiger partial charge is 0.258 e. The molecule has 2 rings (SSSR count). The zero-order chi connectivity index (χ0) is 11.4. The second-order valence-electron chi connectivity index (χ2n) is 3.86. The van der Waals surface area contributed by atoms with Gasteiger partial charge in [-0.2, -0.15) is 0 Å². The minimum Gasteiger partial charge on any atom is -0.484 e. The Kier molecular flexibility index (Phi) is 3.41. The zero-order valence-corrected chi connectivity index (χ0v) is 9.23. The number of hydrogen-bond acceptors (Lipinski definition) is 3. The molecule has 0 saturated carbocycles. The number of amides is 1. The largest absolute Gasteiger partial charge is 0.484 e. The number of carbonyl (C=O) groups excluding carboxylic acids is 1. The Bertz CT molecular complexity index is 357. The summed E-state index contributed by atoms with van der Waals surface area (Å²) in [6.45, 7) is 3.39. The van der Waals surface area contributed by atoms with Crippen molar-refractivity contribution in [3.8, 4) is 5.75 Å². The van der Waals surface area contributed by atoms with Crippen LogP contribution in [-0.2, 0) is 9.53 Å². The van der Waals surface area contributed by atoms with Crippen molar-refractivity contribution in [3.05, 3.63) is 29.8 Å². The number of epoxide rings is 1. The van der Waals surface area contributed by atoms with Crippen LogP contribution < -0.4 is 10.1 Å². The third-order valence-corrected chi connectivity index (χ3v) is 2.32. The van der Waals surface area contributed by atoms with Crippen LogP contribution in [0, 0.1) is 6.92 Å². The quantitative estimate of drug-likeness (QED) is 0.751. The topological polar surface area (TPSA) is 50.9 Å². The summed E-state index contributed by atoms with van der Waals surface area (Å²) < 4.78 is 10.3. The molecule has 1 aromatic rings. The Balaban J connectivity index is 1.69. The summed E-state index contributed by atoms with van der Waals surface area (Å²) >= 11 is 0. The second kappa shape index (κ2) is 4.99. The van der Waals surface area contributed by atoms with E-state index in [1.54, 1.807) is 0 Å². The van der Waals surface area contributed by atoms with Crippen LogP contribution in [0.25, 0.3) is 0 Å². The third-order valence-electron chi connectivity index (χ3n) is 2.32. The first-order chi connectivity index (χ1) is 7.74. The highest BCUT2D eigenvalue weighted by Crippen LogP contribution is 2.11. The molecule has 1 N–H and O–H groups in total. The molecule has 0 bridgehead atoms. The number of aryl methyl sites for hydroxylation is 1. The van der Waals surface area contributed by atoms with Crippen LogP contribution in [0.4, 0.5) is 0 Å². The van der Waals surface area contributed by atoms with E-state index in [-0.39, 0.29) is 18.6 Å². The standard InChI is InChI=1S/C12H15NO3/c1-9-2-4-10(5-3-9)16-8-12(14)13-6-11-7-15-11/h2-5,11H,6-8H2,1H3,(H,13,14). The van der Waals surface area contributed by atoms with Crippen LogP contribution in [-0.4, -0.2) is 31.8 Å². The first-order valence-electron chi connectivity index (χ1n) is 5.32. The maximum absolute atomic E-state index is 11.3. The van der Waals surface area contributed by atoms with Gasteiger partial charge in [-0.1, -0.05) is 17.7 Å². The summed E-state index contributed by atoms with van der Waals surface area (Å²) in [4.78, 5) is 11.3. The van der Waals surface area contributed by atoms with Gasteiger partial charge in [0.1, 0.15) is 5.75 Å². The molecule has 1 aromatic carbocycles. The molecule has 4 nitrogen and oxygen atoms in total. The molecule has 1 amide bonds. The van der Waals surface area contributed by atoms with E-state index in [0.29, 0.717) is 12.3 Å². The van der Waals surface area contributed by atoms with Gasteiger partial charge in [-0.3, -0.25) is 4.79 Å². The van der Waals surface area contributed by atoms with Crippen LogP contribution in [0.15, 0.2) is 24.3 Å². The number of ether oxygens (including phenoxy) is 2. The van der Waals surface area contributed by atoms with Crippen molar-refractivity contribution < 1.29 is 14.3 Å². The van der Waals surface area contributed by atoms with E-state index in [9.17, 15) is 4.79 Å². The maximum atomic E-state index is 11.3. The summed E-state index contributed by atoms with van der Waals surface area (Å²) in [6.07, 6.45) is 0.211. The van der Waals surface area contributed by atoms with Crippen molar-refractivity contribution in [3.63, 3.8) is 0 Å². The molecule has 1 atom stereocenters. The Hall–Kier alpha value is -1.55. The average Bonchev–Trinajstić information content (AvgIpc) is 3.09. The lowest BCUT2D eigenvalue weighted by atomic mass is 10.2. The maximum Gasteiger partial charge on any atom is 0.258 e. The van der Waals surface area contributed by atoms with E-state index in [4.69, 9.17) is 9.47 Å². The molecule has 1 heterocycles. The summed E-state index contributed by atoms with van der Waals surface area (Å²) in [5, 5.41) is 2.74. The summed E-state index contributed by atoms with van der Waals surface area (Å²) in [5.74, 6) is 0.597. The van der Waals surface area contributed by atoms with E-state index < -0.39 is 0 Å². The fraction of sp³-hybridized carbons (Fsp3) is 0.417. The van der Waals surface area contributed by atoms with Crippen molar-refractivity contribution in [1.29, 1.82) is 0 Å². The molecule has 0 spiro atoms. The summed E-state index contributed by atoms with van der Waals surface area (Å²) in [6, 6.07) is 7.61. The Morgan fingerprint density at radius 3 is 2.81 bits per heavy atom. The molecule has 1 fully saturated rings. The minimum absolute atomic E-state index is 0.0514. The van der Waals surface area contributed by atoms with Crippen molar-refractivity contribution in [2.24, 2.45) is 0 Å². The van der Waals surface area contributed by atoms with E-state index in [0.717, 1.165) is 6.61 Å². The molecule has 0 radical (unpaired) electrons. The Morgan fingerprint density at radius 2 is 2.19 bits per heavy atom. The highest BCUT2D eigenvalue weighted by atomic mass is 16.6. The van der Waals surface area contributed by atoms with Gasteiger partial charge in [-0.05, 0) is 19.1 Å². The van der Waals surface area contributed by atoms with Crippen molar-refractivity contribution in [1.82, 2.24) is 5.32 Å². The van der Waals surface area contributed by atoms with Gasteiger partial charge in [0.25, 0.3) is 5.91 Å². The predicted molar refractivity (Wildman–Crippen MR) is 59.4 cm³/mol. The molecular weight excluding hydrogens is 206 g/mol. The second-order valence-corrected chi connectivity index (χ2v) is 3.86. The Morgan fingerprint density at radius 1 is 1.50 bits per heavy atom. The van der Waals surface area contributed by atoms with E-state index in [2.05, 4.69) is 5.32 Å². The normalized spacial score (nSPS) is 17.9. The van der Waals surface area contributed by atoms with Gasteiger partial charge in [-0.25, -0.2) is 0 Å². The van der Waals surface area contributed by atoms with Gasteiger partial charge in [-0.15, -0.1) is 0 Å². The molecule has 1 unspecified atom stereocenters. The van der Waals surface area contributed by atoms with Crippen LogP contribution in [0.5, 0.6) is 5.75 Å². The summed E-state index contributed by atoms with van der Waals surface area (Å²) in [7, 11) is 0. The van der Waals surface area contributed by atoms with Crippen LogP contribution >= 0.6 is 0 Å². The zero-order valence-electron chi connectivity index (χ0n) is 9.23. The number of carbonyl (C=O) groups is 1. The molecule has 0 aliphatic carbocycles. The fourth-order valence-corrected chi connectivity index (χ4v) is 1.25. The molecular formula is C12H15NO3. The molecule has 1 aliphatic heterocycles. The molecule has 16 heavy (non-hydrogen) atoms. The molecule has 4 heteroatoms. The van der Waals surface area contributed by atoms with Gasteiger partial charge in [0.2, 0.25) is 0 Å². The lowest BCUT2D eigenvalue weighted by molar-refractivity contribution is -0.123. The van der Waals surface area contributed by atoms with Crippen molar-refractivity contribution in [2.75, 3.05) is 19.8 Å². The van der Waals surface area contributed by atoms with Gasteiger partial charge in [0.15, 0.2) is 6.61 Å². The fourth-order valence-electron chi connectivity index (χ4n) is 1.25. The number of benzene rings is 1. The van der Waals surface area contributed by atoms with Crippen LogP contribution in [0.2, 0.25) is 0 Å². The highest BCUT2D eigenvalue weighted by molar-refractivity contribution is 5.77. The van der Waals surface area contributed by atoms with E-state index in [1.807, 2.05) is 31.2 Å². The van der Waals surface area contributed by atoms with Gasteiger partial charge in [0, 0.05) is 6.54 Å². The van der Waals surface area contributed by atoms with Gasteiger partial charge in [0.05, 0.1) is 12.7 Å². The predicted octanol–water partition coefficient (Wildman–Crippen LogP) is 0.889. The molecule has 86 valence electrons. The van der Waals surface area contributed by atoms with E-state index in [1.165, 1.54) is 5.56 Å². The lowest BCUT2D eigenvalue weighted by Crippen LogP contribution is -2.31. The molecule has 0 aromatic heterocycles. The number of nitrogens with one attached hydrogen (secondary N) is 1. The molecule has 1 aliphatic rings. The highest BCUT2D eigenvalue weighted by Gasteiger charge is 2.22. The monoisotopic (exact) mass is 221 g/mol. The molecule has 1 saturated heterocycles. The first kappa shape index (κ1) is 11.0.